The van der Waals surface area contributed by atoms with Crippen LogP contribution in [0.3, 0.4) is 0 Å². The molecule has 0 saturated carbocycles. The van der Waals surface area contributed by atoms with Gasteiger partial charge >= 0.3 is 12.1 Å². The topological polar surface area (TPSA) is 83.1 Å². The molecule has 2 unspecified atom stereocenters. The largest absolute Gasteiger partial charge is 0.447 e. The summed E-state index contributed by atoms with van der Waals surface area (Å²) in [5, 5.41) is 6.00. The van der Waals surface area contributed by atoms with Gasteiger partial charge < -0.3 is 25.0 Å². The SMILES string of the molecule is CCCCNC(=O)OCC1CCCCN1C(=O)NC1CCN(C2CCOC2)CC1. The number of hydrogen-bond donors (Lipinski definition) is 2. The van der Waals surface area contributed by atoms with Crippen LogP contribution in [0.5, 0.6) is 0 Å². The highest BCUT2D eigenvalue weighted by Crippen LogP contribution is 2.21. The Balaban J connectivity index is 1.40. The maximum absolute atomic E-state index is 12.9. The van der Waals surface area contributed by atoms with Crippen molar-refractivity contribution in [2.24, 2.45) is 0 Å². The average molecular weight is 411 g/mol. The van der Waals surface area contributed by atoms with E-state index in [1.165, 1.54) is 0 Å². The second-order valence-corrected chi connectivity index (χ2v) is 8.50. The number of likely N-dealkylation sites (tertiary alicyclic amines) is 2. The van der Waals surface area contributed by atoms with Crippen LogP contribution in [0.15, 0.2) is 0 Å². The molecule has 8 heteroatoms. The van der Waals surface area contributed by atoms with Gasteiger partial charge in [0.25, 0.3) is 0 Å². The third-order valence-corrected chi connectivity index (χ3v) is 6.37. The summed E-state index contributed by atoms with van der Waals surface area (Å²) >= 11 is 0. The molecule has 8 nitrogen and oxygen atoms in total. The van der Waals surface area contributed by atoms with Crippen molar-refractivity contribution in [3.63, 3.8) is 0 Å². The molecular weight excluding hydrogens is 372 g/mol. The fourth-order valence-electron chi connectivity index (χ4n) is 4.51. The van der Waals surface area contributed by atoms with Crippen LogP contribution in [-0.2, 0) is 9.47 Å². The van der Waals surface area contributed by atoms with Crippen LogP contribution in [0.1, 0.15) is 58.3 Å². The summed E-state index contributed by atoms with van der Waals surface area (Å²) in [5.41, 5.74) is 0. The van der Waals surface area contributed by atoms with Gasteiger partial charge in [-0.3, -0.25) is 4.90 Å². The molecule has 3 saturated heterocycles. The van der Waals surface area contributed by atoms with Crippen molar-refractivity contribution in [3.8, 4) is 0 Å². The number of carbonyl (C=O) groups is 2. The Bertz CT molecular complexity index is 519. The van der Waals surface area contributed by atoms with E-state index in [1.807, 2.05) is 4.90 Å². The molecule has 0 aromatic carbocycles. The van der Waals surface area contributed by atoms with Crippen molar-refractivity contribution < 1.29 is 19.1 Å². The molecule has 166 valence electrons. The van der Waals surface area contributed by atoms with E-state index >= 15 is 0 Å². The first kappa shape index (κ1) is 22.2. The van der Waals surface area contributed by atoms with Gasteiger partial charge in [-0.1, -0.05) is 13.3 Å². The number of urea groups is 1. The van der Waals surface area contributed by atoms with Gasteiger partial charge in [-0.15, -0.1) is 0 Å². The molecule has 0 aromatic heterocycles. The molecule has 3 fully saturated rings. The normalized spacial score (nSPS) is 26.3. The lowest BCUT2D eigenvalue weighted by atomic mass is 10.0. The van der Waals surface area contributed by atoms with Gasteiger partial charge in [0, 0.05) is 44.9 Å². The Morgan fingerprint density at radius 2 is 1.93 bits per heavy atom. The van der Waals surface area contributed by atoms with Crippen LogP contribution >= 0.6 is 0 Å². The van der Waals surface area contributed by atoms with E-state index < -0.39 is 0 Å². The molecule has 0 aliphatic carbocycles. The third-order valence-electron chi connectivity index (χ3n) is 6.37. The van der Waals surface area contributed by atoms with Crippen LogP contribution in [0.2, 0.25) is 0 Å². The van der Waals surface area contributed by atoms with Crippen molar-refractivity contribution >= 4 is 12.1 Å². The first-order chi connectivity index (χ1) is 14.2. The number of alkyl carbamates (subject to hydrolysis) is 1. The highest BCUT2D eigenvalue weighted by molar-refractivity contribution is 5.75. The number of rotatable bonds is 7. The standard InChI is InChI=1S/C21H38N4O4/c1-2-3-10-22-21(27)29-16-19-6-4-5-11-25(19)20(26)23-17-7-12-24(13-8-17)18-9-14-28-15-18/h17-19H,2-16H2,1H3,(H,22,27)(H,23,26). The number of nitrogens with one attached hydrogen (secondary N) is 2. The summed E-state index contributed by atoms with van der Waals surface area (Å²) in [6, 6.07) is 0.740. The van der Waals surface area contributed by atoms with Gasteiger partial charge in [-0.2, -0.15) is 0 Å². The number of carbonyl (C=O) groups excluding carboxylic acids is 2. The lowest BCUT2D eigenvalue weighted by Crippen LogP contribution is -2.55. The summed E-state index contributed by atoms with van der Waals surface area (Å²) in [7, 11) is 0. The van der Waals surface area contributed by atoms with Gasteiger partial charge in [-0.05, 0) is 44.9 Å². The molecule has 0 radical (unpaired) electrons. The number of unbranched alkanes of at least 4 members (excludes halogenated alkanes) is 1. The summed E-state index contributed by atoms with van der Waals surface area (Å²) in [6.45, 7) is 7.47. The third kappa shape index (κ3) is 6.74. The van der Waals surface area contributed by atoms with Crippen LogP contribution in [0.4, 0.5) is 9.59 Å². The molecule has 3 aliphatic rings. The molecule has 29 heavy (non-hydrogen) atoms. The monoisotopic (exact) mass is 410 g/mol. The number of nitrogens with zero attached hydrogens (tertiary/aromatic N) is 2. The Morgan fingerprint density at radius 1 is 1.10 bits per heavy atom. The van der Waals surface area contributed by atoms with E-state index in [-0.39, 0.29) is 30.8 Å². The van der Waals surface area contributed by atoms with Crippen LogP contribution in [0, 0.1) is 0 Å². The average Bonchev–Trinajstić information content (AvgIpc) is 3.28. The van der Waals surface area contributed by atoms with Gasteiger partial charge in [-0.25, -0.2) is 9.59 Å². The van der Waals surface area contributed by atoms with Crippen LogP contribution in [0.25, 0.3) is 0 Å². The minimum absolute atomic E-state index is 0.00709. The van der Waals surface area contributed by atoms with Gasteiger partial charge in [0.05, 0.1) is 12.6 Å². The fourth-order valence-corrected chi connectivity index (χ4v) is 4.51. The van der Waals surface area contributed by atoms with Crippen molar-refractivity contribution in [2.75, 3.05) is 46.0 Å². The molecule has 0 aromatic rings. The Kier molecular flexibility index (Phi) is 8.86. The highest BCUT2D eigenvalue weighted by atomic mass is 16.5. The summed E-state index contributed by atoms with van der Waals surface area (Å²) in [4.78, 5) is 29.1. The van der Waals surface area contributed by atoms with Crippen molar-refractivity contribution in [3.05, 3.63) is 0 Å². The molecule has 0 bridgehead atoms. The van der Waals surface area contributed by atoms with Gasteiger partial charge in [0.2, 0.25) is 0 Å². The van der Waals surface area contributed by atoms with Crippen molar-refractivity contribution in [2.45, 2.75) is 76.4 Å². The van der Waals surface area contributed by atoms with Crippen molar-refractivity contribution in [1.29, 1.82) is 0 Å². The summed E-state index contributed by atoms with van der Waals surface area (Å²) < 4.78 is 10.9. The number of amides is 3. The van der Waals surface area contributed by atoms with E-state index in [4.69, 9.17) is 9.47 Å². The van der Waals surface area contributed by atoms with Crippen LogP contribution < -0.4 is 10.6 Å². The molecule has 0 spiro atoms. The molecule has 3 amide bonds. The summed E-state index contributed by atoms with van der Waals surface area (Å²) in [6.07, 6.45) is 7.64. The maximum Gasteiger partial charge on any atom is 0.407 e. The fraction of sp³-hybridized carbons (Fsp3) is 0.905. The van der Waals surface area contributed by atoms with Gasteiger partial charge in [0.1, 0.15) is 6.61 Å². The van der Waals surface area contributed by atoms with E-state index in [0.29, 0.717) is 12.6 Å². The zero-order valence-electron chi connectivity index (χ0n) is 17.9. The number of ether oxygens (including phenoxy) is 2. The first-order valence-electron chi connectivity index (χ1n) is 11.5. The molecule has 3 aliphatic heterocycles. The molecular formula is C21H38N4O4. The number of hydrogen-bond acceptors (Lipinski definition) is 5. The quantitative estimate of drug-likeness (QED) is 0.630. The highest BCUT2D eigenvalue weighted by Gasteiger charge is 2.32. The Hall–Kier alpha value is -1.54. The number of piperidine rings is 2. The smallest absolute Gasteiger partial charge is 0.407 e. The molecule has 2 atom stereocenters. The summed E-state index contributed by atoms with van der Waals surface area (Å²) in [5.74, 6) is 0. The van der Waals surface area contributed by atoms with Gasteiger partial charge in [0.15, 0.2) is 0 Å². The Morgan fingerprint density at radius 3 is 2.66 bits per heavy atom. The molecule has 3 heterocycles. The lowest BCUT2D eigenvalue weighted by Gasteiger charge is -2.39. The second-order valence-electron chi connectivity index (χ2n) is 8.50. The lowest BCUT2D eigenvalue weighted by molar-refractivity contribution is 0.0788. The van der Waals surface area contributed by atoms with E-state index in [2.05, 4.69) is 22.5 Å². The van der Waals surface area contributed by atoms with E-state index in [9.17, 15) is 9.59 Å². The minimum Gasteiger partial charge on any atom is -0.447 e. The zero-order chi connectivity index (χ0) is 20.5. The molecule has 3 rings (SSSR count). The van der Waals surface area contributed by atoms with E-state index in [0.717, 1.165) is 84.2 Å². The zero-order valence-corrected chi connectivity index (χ0v) is 17.9. The Labute approximate surface area is 174 Å². The molecule has 2 N–H and O–H groups in total. The van der Waals surface area contributed by atoms with Crippen LogP contribution in [-0.4, -0.2) is 86.0 Å². The predicted octanol–water partition coefficient (Wildman–Crippen LogP) is 2.33. The van der Waals surface area contributed by atoms with E-state index in [1.54, 1.807) is 0 Å². The first-order valence-corrected chi connectivity index (χ1v) is 11.5. The second kappa shape index (κ2) is 11.6. The predicted molar refractivity (Wildman–Crippen MR) is 111 cm³/mol. The maximum atomic E-state index is 12.9. The minimum atomic E-state index is -0.382. The van der Waals surface area contributed by atoms with Crippen molar-refractivity contribution in [1.82, 2.24) is 20.4 Å².